The number of amides is 1. The van der Waals surface area contributed by atoms with Gasteiger partial charge < -0.3 is 15.2 Å². The van der Waals surface area contributed by atoms with Crippen LogP contribution in [0.25, 0.3) is 0 Å². The van der Waals surface area contributed by atoms with Crippen molar-refractivity contribution in [3.8, 4) is 5.75 Å². The predicted molar refractivity (Wildman–Crippen MR) is 96.3 cm³/mol. The molecule has 2 aromatic rings. The van der Waals surface area contributed by atoms with Gasteiger partial charge in [-0.15, -0.1) is 0 Å². The third-order valence-electron chi connectivity index (χ3n) is 3.51. The van der Waals surface area contributed by atoms with Gasteiger partial charge in [-0.1, -0.05) is 53.0 Å². The fourth-order valence-electron chi connectivity index (χ4n) is 2.12. The van der Waals surface area contributed by atoms with Gasteiger partial charge in [0.25, 0.3) is 5.91 Å². The van der Waals surface area contributed by atoms with Crippen LogP contribution in [0.15, 0.2) is 42.5 Å². The van der Waals surface area contributed by atoms with Crippen molar-refractivity contribution in [2.75, 3.05) is 0 Å². The first kappa shape index (κ1) is 19.1. The average molecular weight is 382 g/mol. The highest BCUT2D eigenvalue weighted by molar-refractivity contribution is 6.35. The highest BCUT2D eigenvalue weighted by Gasteiger charge is 2.25. The second-order valence-corrected chi connectivity index (χ2v) is 6.37. The summed E-state index contributed by atoms with van der Waals surface area (Å²) in [5, 5.41) is 12.6. The Bertz CT molecular complexity index is 777. The molecule has 7 heteroatoms. The third kappa shape index (κ3) is 5.11. The summed E-state index contributed by atoms with van der Waals surface area (Å²) in [5.41, 5.74) is 1.47. The first-order chi connectivity index (χ1) is 11.8. The largest absolute Gasteiger partial charge is 0.479 e. The van der Waals surface area contributed by atoms with E-state index in [1.165, 1.54) is 13.0 Å². The van der Waals surface area contributed by atoms with Gasteiger partial charge in [0.15, 0.2) is 12.1 Å². The number of carboxylic acid groups (broad SMARTS) is 1. The van der Waals surface area contributed by atoms with Crippen LogP contribution in [0.3, 0.4) is 0 Å². The van der Waals surface area contributed by atoms with E-state index in [-0.39, 0.29) is 10.8 Å². The van der Waals surface area contributed by atoms with Crippen LogP contribution in [0.1, 0.15) is 24.1 Å². The number of carboxylic acids is 1. The van der Waals surface area contributed by atoms with Crippen LogP contribution < -0.4 is 10.1 Å². The zero-order valence-electron chi connectivity index (χ0n) is 13.6. The fraction of sp³-hybridized carbons (Fsp3) is 0.222. The smallest absolute Gasteiger partial charge is 0.330 e. The van der Waals surface area contributed by atoms with Crippen molar-refractivity contribution in [3.05, 3.63) is 63.6 Å². The Morgan fingerprint density at radius 3 is 2.32 bits per heavy atom. The van der Waals surface area contributed by atoms with Crippen molar-refractivity contribution in [1.82, 2.24) is 5.32 Å². The van der Waals surface area contributed by atoms with E-state index in [4.69, 9.17) is 27.9 Å². The Morgan fingerprint density at radius 2 is 1.76 bits per heavy atom. The maximum absolute atomic E-state index is 12.3. The van der Waals surface area contributed by atoms with Gasteiger partial charge in [-0.25, -0.2) is 4.79 Å². The van der Waals surface area contributed by atoms with E-state index in [0.717, 1.165) is 5.56 Å². The van der Waals surface area contributed by atoms with Crippen LogP contribution in [0.4, 0.5) is 0 Å². The number of carbonyl (C=O) groups excluding carboxylic acids is 1. The summed E-state index contributed by atoms with van der Waals surface area (Å²) >= 11 is 11.8. The molecule has 2 unspecified atom stereocenters. The minimum absolute atomic E-state index is 0.264. The summed E-state index contributed by atoms with van der Waals surface area (Å²) in [4.78, 5) is 23.8. The predicted octanol–water partition coefficient (Wildman–Crippen LogP) is 4.01. The van der Waals surface area contributed by atoms with Gasteiger partial charge in [0, 0.05) is 5.02 Å². The molecule has 0 aliphatic heterocycles. The molecule has 2 N–H and O–H groups in total. The second kappa shape index (κ2) is 8.23. The summed E-state index contributed by atoms with van der Waals surface area (Å²) in [7, 11) is 0. The number of halogens is 2. The highest BCUT2D eigenvalue weighted by Crippen LogP contribution is 2.28. The van der Waals surface area contributed by atoms with Crippen molar-refractivity contribution >= 4 is 35.1 Å². The van der Waals surface area contributed by atoms with E-state index < -0.39 is 24.0 Å². The molecule has 0 spiro atoms. The van der Waals surface area contributed by atoms with Crippen molar-refractivity contribution in [2.24, 2.45) is 0 Å². The molecule has 0 aromatic heterocycles. The van der Waals surface area contributed by atoms with Crippen molar-refractivity contribution in [3.63, 3.8) is 0 Å². The number of benzene rings is 2. The Morgan fingerprint density at radius 1 is 1.12 bits per heavy atom. The molecule has 1 amide bonds. The molecule has 2 rings (SSSR count). The molecular weight excluding hydrogens is 365 g/mol. The summed E-state index contributed by atoms with van der Waals surface area (Å²) in [6.45, 7) is 3.40. The average Bonchev–Trinajstić information content (AvgIpc) is 2.55. The lowest BCUT2D eigenvalue weighted by atomic mass is 10.1. The minimum atomic E-state index is -1.17. The molecule has 25 heavy (non-hydrogen) atoms. The lowest BCUT2D eigenvalue weighted by molar-refractivity contribution is -0.143. The summed E-state index contributed by atoms with van der Waals surface area (Å²) < 4.78 is 5.50. The van der Waals surface area contributed by atoms with Crippen LogP contribution in [0, 0.1) is 6.92 Å². The SMILES string of the molecule is Cc1ccc(C(NC(=O)C(C)Oc2ccc(Cl)cc2Cl)C(=O)O)cc1. The minimum Gasteiger partial charge on any atom is -0.479 e. The molecule has 2 atom stereocenters. The monoisotopic (exact) mass is 381 g/mol. The molecule has 0 heterocycles. The third-order valence-corrected chi connectivity index (χ3v) is 4.04. The van der Waals surface area contributed by atoms with Gasteiger partial charge in [0.05, 0.1) is 5.02 Å². The van der Waals surface area contributed by atoms with Crippen molar-refractivity contribution < 1.29 is 19.4 Å². The van der Waals surface area contributed by atoms with E-state index in [1.54, 1.807) is 36.4 Å². The van der Waals surface area contributed by atoms with Gasteiger partial charge in [0.1, 0.15) is 5.75 Å². The van der Waals surface area contributed by atoms with Crippen LogP contribution in [-0.4, -0.2) is 23.1 Å². The van der Waals surface area contributed by atoms with Gasteiger partial charge in [-0.05, 0) is 37.6 Å². The van der Waals surface area contributed by atoms with Gasteiger partial charge in [-0.2, -0.15) is 0 Å². The molecule has 0 radical (unpaired) electrons. The number of aliphatic carboxylic acids is 1. The zero-order chi connectivity index (χ0) is 18.6. The maximum atomic E-state index is 12.3. The van der Waals surface area contributed by atoms with Gasteiger partial charge in [-0.3, -0.25) is 4.79 Å². The second-order valence-electron chi connectivity index (χ2n) is 5.53. The Hall–Kier alpha value is -2.24. The number of rotatable bonds is 6. The molecule has 132 valence electrons. The summed E-state index contributed by atoms with van der Waals surface area (Å²) in [6.07, 6.45) is -0.939. The number of hydrogen-bond donors (Lipinski definition) is 2. The number of ether oxygens (including phenoxy) is 1. The molecular formula is C18H17Cl2NO4. The number of aryl methyl sites for hydroxylation is 1. The fourth-order valence-corrected chi connectivity index (χ4v) is 2.57. The van der Waals surface area contributed by atoms with Crippen molar-refractivity contribution in [2.45, 2.75) is 26.0 Å². The van der Waals surface area contributed by atoms with E-state index in [1.807, 2.05) is 6.92 Å². The standard InChI is InChI=1S/C18H17Cl2NO4/c1-10-3-5-12(6-4-10)16(18(23)24)21-17(22)11(2)25-15-8-7-13(19)9-14(15)20/h3-9,11,16H,1-2H3,(H,21,22)(H,23,24). The molecule has 2 aromatic carbocycles. The molecule has 0 saturated carbocycles. The summed E-state index contributed by atoms with van der Waals surface area (Å²) in [6, 6.07) is 10.3. The number of carbonyl (C=O) groups is 2. The van der Waals surface area contributed by atoms with Crippen LogP contribution in [0.5, 0.6) is 5.75 Å². The van der Waals surface area contributed by atoms with E-state index in [9.17, 15) is 14.7 Å². The first-order valence-electron chi connectivity index (χ1n) is 7.49. The maximum Gasteiger partial charge on any atom is 0.330 e. The number of hydrogen-bond acceptors (Lipinski definition) is 3. The zero-order valence-corrected chi connectivity index (χ0v) is 15.1. The van der Waals surface area contributed by atoms with Gasteiger partial charge >= 0.3 is 5.97 Å². The summed E-state index contributed by atoms with van der Waals surface area (Å²) in [5.74, 6) is -1.44. The molecule has 0 saturated heterocycles. The van der Waals surface area contributed by atoms with Crippen LogP contribution in [0.2, 0.25) is 10.0 Å². The van der Waals surface area contributed by atoms with Crippen LogP contribution >= 0.6 is 23.2 Å². The quantitative estimate of drug-likeness (QED) is 0.792. The molecule has 0 fully saturated rings. The van der Waals surface area contributed by atoms with E-state index in [2.05, 4.69) is 5.32 Å². The van der Waals surface area contributed by atoms with Crippen LogP contribution in [-0.2, 0) is 9.59 Å². The molecule has 5 nitrogen and oxygen atoms in total. The Kier molecular flexibility index (Phi) is 6.28. The van der Waals surface area contributed by atoms with E-state index >= 15 is 0 Å². The first-order valence-corrected chi connectivity index (χ1v) is 8.25. The Labute approximate surface area is 155 Å². The lowest BCUT2D eigenvalue weighted by Gasteiger charge is -2.19. The molecule has 0 bridgehead atoms. The lowest BCUT2D eigenvalue weighted by Crippen LogP contribution is -2.41. The van der Waals surface area contributed by atoms with Crippen molar-refractivity contribution in [1.29, 1.82) is 0 Å². The van der Waals surface area contributed by atoms with E-state index in [0.29, 0.717) is 10.6 Å². The normalized spacial score (nSPS) is 13.0. The Balaban J connectivity index is 2.09. The number of nitrogens with one attached hydrogen (secondary N) is 1. The topological polar surface area (TPSA) is 75.6 Å². The molecule has 0 aliphatic rings. The highest BCUT2D eigenvalue weighted by atomic mass is 35.5. The molecule has 0 aliphatic carbocycles. The van der Waals surface area contributed by atoms with Gasteiger partial charge in [0.2, 0.25) is 0 Å².